The summed E-state index contributed by atoms with van der Waals surface area (Å²) in [4.78, 5) is 23.0. The molecule has 1 heterocycles. The van der Waals surface area contributed by atoms with Gasteiger partial charge in [0.15, 0.2) is 6.29 Å². The predicted molar refractivity (Wildman–Crippen MR) is 74.4 cm³/mol. The molecule has 0 radical (unpaired) electrons. The van der Waals surface area contributed by atoms with Gasteiger partial charge in [-0.05, 0) is 32.9 Å². The number of benzene rings is 1. The summed E-state index contributed by atoms with van der Waals surface area (Å²) in [7, 11) is 0. The molecule has 0 bridgehead atoms. The van der Waals surface area contributed by atoms with Crippen LogP contribution in [-0.4, -0.2) is 28.6 Å². The number of carbonyl (C=O) groups excluding carboxylic acids is 2. The second kappa shape index (κ2) is 5.69. The fourth-order valence-corrected chi connectivity index (χ4v) is 2.16. The Morgan fingerprint density at radius 2 is 2.05 bits per heavy atom. The molecule has 0 aliphatic heterocycles. The summed E-state index contributed by atoms with van der Waals surface area (Å²) in [6.07, 6.45) is 0.774. The summed E-state index contributed by atoms with van der Waals surface area (Å²) in [5, 5.41) is 4.35. The van der Waals surface area contributed by atoms with E-state index < -0.39 is 5.97 Å². The van der Waals surface area contributed by atoms with Crippen molar-refractivity contribution in [2.45, 2.75) is 20.8 Å². The predicted octanol–water partition coefficient (Wildman–Crippen LogP) is 2.48. The van der Waals surface area contributed by atoms with Crippen LogP contribution in [0.25, 0.3) is 5.69 Å². The zero-order valence-corrected chi connectivity index (χ0v) is 11.7. The van der Waals surface area contributed by atoms with Gasteiger partial charge in [0.2, 0.25) is 0 Å². The van der Waals surface area contributed by atoms with Gasteiger partial charge in [0.1, 0.15) is 5.56 Å². The lowest BCUT2D eigenvalue weighted by atomic mass is 10.1. The molecular weight excluding hydrogens is 256 g/mol. The van der Waals surface area contributed by atoms with Gasteiger partial charge in [-0.3, -0.25) is 4.79 Å². The first-order valence-corrected chi connectivity index (χ1v) is 6.38. The molecule has 0 saturated heterocycles. The molecule has 0 unspecified atom stereocenters. The van der Waals surface area contributed by atoms with Crippen LogP contribution in [-0.2, 0) is 4.74 Å². The number of ether oxygens (including phenoxy) is 1. The molecule has 0 atom stereocenters. The van der Waals surface area contributed by atoms with Gasteiger partial charge in [-0.2, -0.15) is 5.10 Å². The van der Waals surface area contributed by atoms with Crippen molar-refractivity contribution in [3.8, 4) is 5.69 Å². The smallest absolute Gasteiger partial charge is 0.341 e. The van der Waals surface area contributed by atoms with E-state index in [1.54, 1.807) is 43.7 Å². The van der Waals surface area contributed by atoms with Crippen LogP contribution in [0.5, 0.6) is 0 Å². The molecule has 20 heavy (non-hydrogen) atoms. The highest BCUT2D eigenvalue weighted by Gasteiger charge is 2.21. The van der Waals surface area contributed by atoms with E-state index in [0.717, 1.165) is 6.29 Å². The Morgan fingerprint density at radius 1 is 1.35 bits per heavy atom. The molecule has 0 spiro atoms. The molecule has 5 heteroatoms. The molecule has 0 saturated carbocycles. The standard InChI is InChI=1S/C15H16N2O3/c1-4-20-15(19)14-10(2)16-17(11(14)3)13-8-6-5-7-12(13)9-18/h5-9H,4H2,1-3H3. The largest absolute Gasteiger partial charge is 0.462 e. The molecule has 1 aromatic carbocycles. The Kier molecular flexibility index (Phi) is 3.98. The van der Waals surface area contributed by atoms with Crippen LogP contribution in [0.4, 0.5) is 0 Å². The van der Waals surface area contributed by atoms with Crippen LogP contribution in [0.2, 0.25) is 0 Å². The Morgan fingerprint density at radius 3 is 2.70 bits per heavy atom. The SMILES string of the molecule is CCOC(=O)c1c(C)nn(-c2ccccc2C=O)c1C. The highest BCUT2D eigenvalue weighted by Crippen LogP contribution is 2.20. The van der Waals surface area contributed by atoms with Crippen LogP contribution in [0, 0.1) is 13.8 Å². The van der Waals surface area contributed by atoms with Gasteiger partial charge in [-0.25, -0.2) is 9.48 Å². The monoisotopic (exact) mass is 272 g/mol. The Labute approximate surface area is 117 Å². The maximum atomic E-state index is 11.9. The first-order valence-electron chi connectivity index (χ1n) is 6.38. The van der Waals surface area contributed by atoms with Crippen LogP contribution < -0.4 is 0 Å². The van der Waals surface area contributed by atoms with Crippen LogP contribution in [0.1, 0.15) is 39.0 Å². The molecule has 0 aliphatic carbocycles. The quantitative estimate of drug-likeness (QED) is 0.633. The van der Waals surface area contributed by atoms with Gasteiger partial charge in [0.05, 0.1) is 23.7 Å². The van der Waals surface area contributed by atoms with E-state index in [2.05, 4.69) is 5.10 Å². The van der Waals surface area contributed by atoms with Crippen molar-refractivity contribution in [2.75, 3.05) is 6.61 Å². The molecule has 2 aromatic rings. The number of aromatic nitrogens is 2. The summed E-state index contributed by atoms with van der Waals surface area (Å²) < 4.78 is 6.64. The lowest BCUT2D eigenvalue weighted by molar-refractivity contribution is 0.0524. The number of hydrogen-bond acceptors (Lipinski definition) is 4. The van der Waals surface area contributed by atoms with E-state index in [0.29, 0.717) is 34.8 Å². The third-order valence-corrected chi connectivity index (χ3v) is 3.06. The molecule has 1 aromatic heterocycles. The summed E-state index contributed by atoms with van der Waals surface area (Å²) in [5.74, 6) is -0.391. The third-order valence-electron chi connectivity index (χ3n) is 3.06. The zero-order chi connectivity index (χ0) is 14.7. The van der Waals surface area contributed by atoms with Crippen LogP contribution in [0.3, 0.4) is 0 Å². The van der Waals surface area contributed by atoms with Crippen LogP contribution in [0.15, 0.2) is 24.3 Å². The number of para-hydroxylation sites is 1. The second-order valence-electron chi connectivity index (χ2n) is 4.35. The number of aldehydes is 1. The van der Waals surface area contributed by atoms with Gasteiger partial charge < -0.3 is 4.74 Å². The highest BCUT2D eigenvalue weighted by molar-refractivity contribution is 5.92. The summed E-state index contributed by atoms with van der Waals surface area (Å²) in [6.45, 7) is 5.61. The molecule has 2 rings (SSSR count). The van der Waals surface area contributed by atoms with E-state index in [1.807, 2.05) is 6.07 Å². The Bertz CT molecular complexity index is 659. The maximum Gasteiger partial charge on any atom is 0.341 e. The Hall–Kier alpha value is -2.43. The van der Waals surface area contributed by atoms with Gasteiger partial charge in [0.25, 0.3) is 0 Å². The Balaban J connectivity index is 2.57. The molecule has 0 N–H and O–H groups in total. The van der Waals surface area contributed by atoms with E-state index in [1.165, 1.54) is 0 Å². The van der Waals surface area contributed by atoms with E-state index >= 15 is 0 Å². The first-order chi connectivity index (χ1) is 9.60. The lowest BCUT2D eigenvalue weighted by Gasteiger charge is -2.07. The molecular formula is C15H16N2O3. The highest BCUT2D eigenvalue weighted by atomic mass is 16.5. The molecule has 0 aliphatic rings. The number of hydrogen-bond donors (Lipinski definition) is 0. The number of rotatable bonds is 4. The van der Waals surface area contributed by atoms with Crippen molar-refractivity contribution in [1.29, 1.82) is 0 Å². The number of nitrogens with zero attached hydrogens (tertiary/aromatic N) is 2. The molecule has 0 fully saturated rings. The zero-order valence-electron chi connectivity index (χ0n) is 11.7. The van der Waals surface area contributed by atoms with Gasteiger partial charge in [0, 0.05) is 5.56 Å². The van der Waals surface area contributed by atoms with Crippen molar-refractivity contribution < 1.29 is 14.3 Å². The lowest BCUT2D eigenvalue weighted by Crippen LogP contribution is -2.08. The minimum atomic E-state index is -0.391. The first kappa shape index (κ1) is 14.0. The fraction of sp³-hybridized carbons (Fsp3) is 0.267. The second-order valence-corrected chi connectivity index (χ2v) is 4.35. The van der Waals surface area contributed by atoms with E-state index in [-0.39, 0.29) is 0 Å². The van der Waals surface area contributed by atoms with Gasteiger partial charge in [-0.15, -0.1) is 0 Å². The van der Waals surface area contributed by atoms with Crippen LogP contribution >= 0.6 is 0 Å². The minimum Gasteiger partial charge on any atom is -0.462 e. The van der Waals surface area contributed by atoms with Crippen molar-refractivity contribution in [1.82, 2.24) is 9.78 Å². The number of esters is 1. The van der Waals surface area contributed by atoms with E-state index in [4.69, 9.17) is 4.74 Å². The summed E-state index contributed by atoms with van der Waals surface area (Å²) in [5.41, 5.74) is 2.87. The topological polar surface area (TPSA) is 61.2 Å². The third kappa shape index (κ3) is 2.34. The summed E-state index contributed by atoms with van der Waals surface area (Å²) >= 11 is 0. The normalized spacial score (nSPS) is 10.3. The van der Waals surface area contributed by atoms with Crippen molar-refractivity contribution in [3.05, 3.63) is 46.8 Å². The number of aryl methyl sites for hydroxylation is 1. The average Bonchev–Trinajstić information content (AvgIpc) is 2.74. The van der Waals surface area contributed by atoms with Gasteiger partial charge >= 0.3 is 5.97 Å². The maximum absolute atomic E-state index is 11.9. The van der Waals surface area contributed by atoms with Gasteiger partial charge in [-0.1, -0.05) is 12.1 Å². The molecule has 104 valence electrons. The summed E-state index contributed by atoms with van der Waals surface area (Å²) in [6, 6.07) is 7.11. The average molecular weight is 272 g/mol. The molecule has 5 nitrogen and oxygen atoms in total. The fourth-order valence-electron chi connectivity index (χ4n) is 2.16. The van der Waals surface area contributed by atoms with Crippen molar-refractivity contribution in [3.63, 3.8) is 0 Å². The number of carbonyl (C=O) groups is 2. The van der Waals surface area contributed by atoms with E-state index in [9.17, 15) is 9.59 Å². The van der Waals surface area contributed by atoms with Crippen molar-refractivity contribution in [2.24, 2.45) is 0 Å². The minimum absolute atomic E-state index is 0.313. The molecule has 0 amide bonds. The van der Waals surface area contributed by atoms with Crippen molar-refractivity contribution >= 4 is 12.3 Å².